The van der Waals surface area contributed by atoms with Crippen molar-refractivity contribution in [1.29, 1.82) is 0 Å². The maximum absolute atomic E-state index is 3.80. The Balaban J connectivity index is 2.09. The molecule has 1 saturated carbocycles. The number of nitrogens with one attached hydrogen (secondary N) is 1. The molecule has 2 rings (SSSR count). The van der Waals surface area contributed by atoms with Crippen LogP contribution < -0.4 is 5.32 Å². The molecular weight excluding hydrogens is 208 g/mol. The third-order valence-corrected chi connectivity index (χ3v) is 5.11. The second-order valence-corrected chi connectivity index (χ2v) is 7.64. The highest BCUT2D eigenvalue weighted by atomic mass is 15.3. The summed E-state index contributed by atoms with van der Waals surface area (Å²) in [5.41, 5.74) is 0.738. The van der Waals surface area contributed by atoms with Crippen LogP contribution >= 0.6 is 0 Å². The predicted octanol–water partition coefficient (Wildman–Crippen LogP) is 2.88. The fourth-order valence-electron chi connectivity index (χ4n) is 3.10. The van der Waals surface area contributed by atoms with E-state index in [1.54, 1.807) is 0 Å². The first kappa shape index (κ1) is 13.4. The summed E-state index contributed by atoms with van der Waals surface area (Å²) in [5, 5.41) is 3.80. The van der Waals surface area contributed by atoms with E-state index in [9.17, 15) is 0 Å². The topological polar surface area (TPSA) is 15.3 Å². The van der Waals surface area contributed by atoms with Gasteiger partial charge in [0, 0.05) is 30.7 Å². The summed E-state index contributed by atoms with van der Waals surface area (Å²) in [6, 6.07) is 1.31. The highest BCUT2D eigenvalue weighted by Gasteiger charge is 2.47. The molecule has 1 N–H and O–H groups in total. The molecule has 1 heterocycles. The number of hydrogen-bond donors (Lipinski definition) is 1. The van der Waals surface area contributed by atoms with Crippen LogP contribution in [0.25, 0.3) is 0 Å². The van der Waals surface area contributed by atoms with Crippen LogP contribution in [0.2, 0.25) is 0 Å². The molecule has 0 aromatic rings. The molecule has 0 aromatic carbocycles. The van der Waals surface area contributed by atoms with Crippen LogP contribution in [0.4, 0.5) is 0 Å². The lowest BCUT2D eigenvalue weighted by Gasteiger charge is -2.51. The number of nitrogens with zero attached hydrogens (tertiary/aromatic N) is 1. The van der Waals surface area contributed by atoms with Crippen LogP contribution in [0, 0.1) is 11.3 Å². The van der Waals surface area contributed by atoms with Crippen molar-refractivity contribution in [2.75, 3.05) is 13.1 Å². The molecule has 1 aliphatic heterocycles. The Kier molecular flexibility index (Phi) is 3.33. The molecule has 3 unspecified atom stereocenters. The molecule has 1 aliphatic carbocycles. The summed E-state index contributed by atoms with van der Waals surface area (Å²) in [6.07, 6.45) is 2.85. The molecule has 2 nitrogen and oxygen atoms in total. The summed E-state index contributed by atoms with van der Waals surface area (Å²) < 4.78 is 0. The second kappa shape index (κ2) is 4.24. The molecule has 0 spiro atoms. The molecule has 0 radical (unpaired) electrons. The number of rotatable bonds is 2. The van der Waals surface area contributed by atoms with Gasteiger partial charge in [0.05, 0.1) is 0 Å². The van der Waals surface area contributed by atoms with E-state index in [4.69, 9.17) is 0 Å². The first-order chi connectivity index (χ1) is 7.74. The Morgan fingerprint density at radius 3 is 2.35 bits per heavy atom. The lowest BCUT2D eigenvalue weighted by molar-refractivity contribution is 0.0113. The van der Waals surface area contributed by atoms with Crippen LogP contribution in [0.1, 0.15) is 54.4 Å². The molecular formula is C15H30N2. The molecule has 2 heteroatoms. The predicted molar refractivity (Wildman–Crippen MR) is 74.2 cm³/mol. The monoisotopic (exact) mass is 238 g/mol. The fourth-order valence-corrected chi connectivity index (χ4v) is 3.10. The maximum Gasteiger partial charge on any atom is 0.0309 e. The Labute approximate surface area is 107 Å². The maximum atomic E-state index is 3.80. The van der Waals surface area contributed by atoms with Gasteiger partial charge in [0.25, 0.3) is 0 Å². The SMILES string of the molecule is CC1CNC(C)(C2CC2)CN1C(C)C(C)(C)C. The lowest BCUT2D eigenvalue weighted by atomic mass is 9.83. The lowest BCUT2D eigenvalue weighted by Crippen LogP contribution is -2.66. The van der Waals surface area contributed by atoms with E-state index in [1.807, 2.05) is 0 Å². The molecule has 2 fully saturated rings. The van der Waals surface area contributed by atoms with Gasteiger partial charge in [-0.15, -0.1) is 0 Å². The molecule has 0 bridgehead atoms. The van der Waals surface area contributed by atoms with Crippen LogP contribution in [-0.4, -0.2) is 35.6 Å². The zero-order chi connectivity index (χ0) is 12.8. The molecule has 1 saturated heterocycles. The van der Waals surface area contributed by atoms with E-state index in [0.29, 0.717) is 23.0 Å². The van der Waals surface area contributed by atoms with Crippen LogP contribution in [-0.2, 0) is 0 Å². The molecule has 3 atom stereocenters. The Morgan fingerprint density at radius 2 is 1.88 bits per heavy atom. The van der Waals surface area contributed by atoms with Gasteiger partial charge in [0.15, 0.2) is 0 Å². The van der Waals surface area contributed by atoms with Crippen molar-refractivity contribution in [3.05, 3.63) is 0 Å². The van der Waals surface area contributed by atoms with Crippen LogP contribution in [0.15, 0.2) is 0 Å². The van der Waals surface area contributed by atoms with E-state index in [-0.39, 0.29) is 0 Å². The quantitative estimate of drug-likeness (QED) is 0.796. The zero-order valence-corrected chi connectivity index (χ0v) is 12.5. The summed E-state index contributed by atoms with van der Waals surface area (Å²) in [7, 11) is 0. The normalized spacial score (nSPS) is 38.1. The van der Waals surface area contributed by atoms with E-state index in [2.05, 4.69) is 51.8 Å². The molecule has 0 amide bonds. The fraction of sp³-hybridized carbons (Fsp3) is 1.00. The first-order valence-corrected chi connectivity index (χ1v) is 7.25. The van der Waals surface area contributed by atoms with Gasteiger partial charge in [-0.1, -0.05) is 20.8 Å². The Hall–Kier alpha value is -0.0800. The van der Waals surface area contributed by atoms with Crippen LogP contribution in [0.3, 0.4) is 0 Å². The average molecular weight is 238 g/mol. The van der Waals surface area contributed by atoms with Crippen molar-refractivity contribution in [1.82, 2.24) is 10.2 Å². The van der Waals surface area contributed by atoms with E-state index in [0.717, 1.165) is 12.5 Å². The summed E-state index contributed by atoms with van der Waals surface area (Å²) in [5.74, 6) is 0.921. The molecule has 0 aromatic heterocycles. The third-order valence-electron chi connectivity index (χ3n) is 5.11. The van der Waals surface area contributed by atoms with Crippen LogP contribution in [0.5, 0.6) is 0 Å². The molecule has 100 valence electrons. The van der Waals surface area contributed by atoms with Gasteiger partial charge in [-0.3, -0.25) is 4.90 Å². The third kappa shape index (κ3) is 2.68. The molecule has 17 heavy (non-hydrogen) atoms. The van der Waals surface area contributed by atoms with Gasteiger partial charge in [0.1, 0.15) is 0 Å². The Morgan fingerprint density at radius 1 is 1.29 bits per heavy atom. The van der Waals surface area contributed by atoms with Crippen molar-refractivity contribution in [3.8, 4) is 0 Å². The largest absolute Gasteiger partial charge is 0.308 e. The van der Waals surface area contributed by atoms with Gasteiger partial charge >= 0.3 is 0 Å². The number of piperazine rings is 1. The minimum absolute atomic E-state index is 0.367. The van der Waals surface area contributed by atoms with Gasteiger partial charge in [-0.25, -0.2) is 0 Å². The van der Waals surface area contributed by atoms with E-state index >= 15 is 0 Å². The van der Waals surface area contributed by atoms with Gasteiger partial charge in [-0.2, -0.15) is 0 Å². The zero-order valence-electron chi connectivity index (χ0n) is 12.5. The minimum Gasteiger partial charge on any atom is -0.308 e. The van der Waals surface area contributed by atoms with Gasteiger partial charge in [0.2, 0.25) is 0 Å². The summed E-state index contributed by atoms with van der Waals surface area (Å²) in [4.78, 5) is 2.73. The van der Waals surface area contributed by atoms with Crippen molar-refractivity contribution >= 4 is 0 Å². The number of hydrogen-bond acceptors (Lipinski definition) is 2. The van der Waals surface area contributed by atoms with Crippen molar-refractivity contribution in [2.24, 2.45) is 11.3 Å². The van der Waals surface area contributed by atoms with Gasteiger partial charge < -0.3 is 5.32 Å². The Bertz CT molecular complexity index is 277. The minimum atomic E-state index is 0.367. The smallest absolute Gasteiger partial charge is 0.0309 e. The molecule has 2 aliphatic rings. The van der Waals surface area contributed by atoms with Crippen molar-refractivity contribution < 1.29 is 0 Å². The first-order valence-electron chi connectivity index (χ1n) is 7.25. The highest BCUT2D eigenvalue weighted by Crippen LogP contribution is 2.42. The second-order valence-electron chi connectivity index (χ2n) is 7.64. The van der Waals surface area contributed by atoms with E-state index in [1.165, 1.54) is 19.4 Å². The average Bonchev–Trinajstić information content (AvgIpc) is 3.03. The summed E-state index contributed by atoms with van der Waals surface area (Å²) >= 11 is 0. The highest BCUT2D eigenvalue weighted by molar-refractivity contribution is 5.05. The van der Waals surface area contributed by atoms with Crippen molar-refractivity contribution in [2.45, 2.75) is 72.0 Å². The standard InChI is InChI=1S/C15H30N2/c1-11-9-16-15(6,13-7-8-13)10-17(11)12(2)14(3,4)5/h11-13,16H,7-10H2,1-6H3. The van der Waals surface area contributed by atoms with Crippen molar-refractivity contribution in [3.63, 3.8) is 0 Å². The summed E-state index contributed by atoms with van der Waals surface area (Å²) in [6.45, 7) is 16.6. The van der Waals surface area contributed by atoms with E-state index < -0.39 is 0 Å². The van der Waals surface area contributed by atoms with Gasteiger partial charge in [-0.05, 0) is 44.9 Å².